The van der Waals surface area contributed by atoms with E-state index in [1.165, 1.54) is 0 Å². The van der Waals surface area contributed by atoms with Crippen LogP contribution in [0, 0.1) is 0 Å². The summed E-state index contributed by atoms with van der Waals surface area (Å²) in [6.45, 7) is 10.5. The van der Waals surface area contributed by atoms with E-state index in [0.717, 1.165) is 35.1 Å². The molecule has 1 unspecified atom stereocenters. The van der Waals surface area contributed by atoms with Gasteiger partial charge in [0, 0.05) is 11.1 Å². The Morgan fingerprint density at radius 2 is 1.67 bits per heavy atom. The van der Waals surface area contributed by atoms with Crippen molar-refractivity contribution in [2.45, 2.75) is 32.8 Å². The maximum atomic E-state index is 11.8. The first kappa shape index (κ1) is 18.6. The lowest BCUT2D eigenvalue weighted by atomic mass is 10.00. The van der Waals surface area contributed by atoms with Crippen molar-refractivity contribution in [2.24, 2.45) is 0 Å². The first-order valence-electron chi connectivity index (χ1n) is 8.82. The predicted molar refractivity (Wildman–Crippen MR) is 104 cm³/mol. The molecule has 138 valence electrons. The molecular weight excluding hydrogens is 340 g/mol. The number of hydrogen-bond donors (Lipinski definition) is 0. The zero-order valence-electron chi connectivity index (χ0n) is 15.6. The summed E-state index contributed by atoms with van der Waals surface area (Å²) in [5, 5.41) is 0. The van der Waals surface area contributed by atoms with Gasteiger partial charge in [-0.15, -0.1) is 0 Å². The molecule has 27 heavy (non-hydrogen) atoms. The van der Waals surface area contributed by atoms with Crippen molar-refractivity contribution in [3.63, 3.8) is 0 Å². The quantitative estimate of drug-likeness (QED) is 0.429. The van der Waals surface area contributed by atoms with Crippen molar-refractivity contribution in [1.29, 1.82) is 0 Å². The molecule has 0 N–H and O–H groups in total. The molecule has 0 spiro atoms. The van der Waals surface area contributed by atoms with Crippen LogP contribution in [0.4, 0.5) is 0 Å². The third kappa shape index (κ3) is 4.17. The van der Waals surface area contributed by atoms with E-state index in [0.29, 0.717) is 16.9 Å². The van der Waals surface area contributed by atoms with Crippen molar-refractivity contribution < 1.29 is 19.1 Å². The second-order valence-electron chi connectivity index (χ2n) is 6.82. The number of carbonyl (C=O) groups is 2. The Morgan fingerprint density at radius 1 is 0.963 bits per heavy atom. The van der Waals surface area contributed by atoms with Gasteiger partial charge in [-0.1, -0.05) is 43.5 Å². The lowest BCUT2D eigenvalue weighted by Crippen LogP contribution is -2.09. The average Bonchev–Trinajstić information content (AvgIpc) is 3.03. The van der Waals surface area contributed by atoms with E-state index in [9.17, 15) is 9.59 Å². The minimum atomic E-state index is -0.441. The zero-order chi connectivity index (χ0) is 19.6. The summed E-state index contributed by atoms with van der Waals surface area (Å²) in [6, 6.07) is 13.5. The zero-order valence-corrected chi connectivity index (χ0v) is 15.6. The van der Waals surface area contributed by atoms with E-state index in [1.807, 2.05) is 30.3 Å². The summed E-state index contributed by atoms with van der Waals surface area (Å²) in [5.41, 5.74) is 4.94. The fourth-order valence-electron chi connectivity index (χ4n) is 3.04. The fourth-order valence-corrected chi connectivity index (χ4v) is 3.04. The molecule has 1 aliphatic rings. The standard InChI is InChI=1S/C23H22O4/c1-14(2)22(24)26-19-7-5-6-16(13-19)17-8-10-20-18(12-17)9-11-21(20)27-23(25)15(3)4/h5-8,10,12-13,21H,1,3,9,11H2,2,4H3. The topological polar surface area (TPSA) is 52.6 Å². The Kier molecular flexibility index (Phi) is 5.26. The van der Waals surface area contributed by atoms with E-state index >= 15 is 0 Å². The van der Waals surface area contributed by atoms with Gasteiger partial charge >= 0.3 is 11.9 Å². The van der Waals surface area contributed by atoms with Crippen molar-refractivity contribution in [3.8, 4) is 16.9 Å². The SMILES string of the molecule is C=C(C)C(=O)Oc1cccc(-c2ccc3c(c2)CCC3OC(=O)C(=C)C)c1. The third-order valence-corrected chi connectivity index (χ3v) is 4.49. The van der Waals surface area contributed by atoms with Gasteiger partial charge in [-0.25, -0.2) is 9.59 Å². The minimum Gasteiger partial charge on any atom is -0.454 e. The van der Waals surface area contributed by atoms with Crippen LogP contribution in [-0.4, -0.2) is 11.9 Å². The van der Waals surface area contributed by atoms with Crippen molar-refractivity contribution in [1.82, 2.24) is 0 Å². The highest BCUT2D eigenvalue weighted by Gasteiger charge is 2.26. The molecule has 0 bridgehead atoms. The lowest BCUT2D eigenvalue weighted by Gasteiger charge is -2.14. The van der Waals surface area contributed by atoms with E-state index in [-0.39, 0.29) is 12.1 Å². The van der Waals surface area contributed by atoms with Crippen LogP contribution in [0.15, 0.2) is 66.8 Å². The van der Waals surface area contributed by atoms with Gasteiger partial charge in [-0.2, -0.15) is 0 Å². The maximum absolute atomic E-state index is 11.8. The molecule has 0 heterocycles. The Balaban J connectivity index is 1.82. The van der Waals surface area contributed by atoms with Crippen LogP contribution in [0.25, 0.3) is 11.1 Å². The van der Waals surface area contributed by atoms with Crippen LogP contribution in [0.1, 0.15) is 37.5 Å². The van der Waals surface area contributed by atoms with Gasteiger partial charge in [0.15, 0.2) is 0 Å². The molecule has 3 rings (SSSR count). The summed E-state index contributed by atoms with van der Waals surface area (Å²) < 4.78 is 10.8. The van der Waals surface area contributed by atoms with Crippen LogP contribution in [0.2, 0.25) is 0 Å². The highest BCUT2D eigenvalue weighted by molar-refractivity contribution is 5.89. The number of aryl methyl sites for hydroxylation is 1. The molecule has 4 nitrogen and oxygen atoms in total. The van der Waals surface area contributed by atoms with Gasteiger partial charge in [0.25, 0.3) is 0 Å². The van der Waals surface area contributed by atoms with Gasteiger partial charge in [0.2, 0.25) is 0 Å². The number of fused-ring (bicyclic) bond motifs is 1. The average molecular weight is 362 g/mol. The van der Waals surface area contributed by atoms with E-state index < -0.39 is 5.97 Å². The molecule has 0 amide bonds. The van der Waals surface area contributed by atoms with Crippen molar-refractivity contribution in [2.75, 3.05) is 0 Å². The summed E-state index contributed by atoms with van der Waals surface area (Å²) in [4.78, 5) is 23.5. The van der Waals surface area contributed by atoms with Crippen molar-refractivity contribution in [3.05, 3.63) is 77.9 Å². The summed E-state index contributed by atoms with van der Waals surface area (Å²) >= 11 is 0. The molecule has 0 aliphatic heterocycles. The van der Waals surface area contributed by atoms with Crippen LogP contribution < -0.4 is 4.74 Å². The number of hydrogen-bond acceptors (Lipinski definition) is 4. The predicted octanol–water partition coefficient (Wildman–Crippen LogP) is 4.94. The number of benzene rings is 2. The first-order chi connectivity index (χ1) is 12.8. The Hall–Kier alpha value is -3.14. The highest BCUT2D eigenvalue weighted by atomic mass is 16.5. The first-order valence-corrected chi connectivity index (χ1v) is 8.82. The number of rotatable bonds is 5. The van der Waals surface area contributed by atoms with Gasteiger partial charge < -0.3 is 9.47 Å². The molecule has 2 aromatic carbocycles. The van der Waals surface area contributed by atoms with Crippen molar-refractivity contribution >= 4 is 11.9 Å². The highest BCUT2D eigenvalue weighted by Crippen LogP contribution is 2.37. The largest absolute Gasteiger partial charge is 0.454 e. The number of carbonyl (C=O) groups excluding carboxylic acids is 2. The second kappa shape index (κ2) is 7.62. The normalized spacial score (nSPS) is 15.0. The second-order valence-corrected chi connectivity index (χ2v) is 6.82. The molecular formula is C23H22O4. The number of esters is 2. The molecule has 1 atom stereocenters. The van der Waals surface area contributed by atoms with Gasteiger partial charge in [0.1, 0.15) is 11.9 Å². The molecule has 0 fully saturated rings. The van der Waals surface area contributed by atoms with E-state index in [4.69, 9.17) is 9.47 Å². The van der Waals surface area contributed by atoms with Crippen LogP contribution in [0.5, 0.6) is 5.75 Å². The third-order valence-electron chi connectivity index (χ3n) is 4.49. The van der Waals surface area contributed by atoms with Crippen LogP contribution in [-0.2, 0) is 20.7 Å². The fraction of sp³-hybridized carbons (Fsp3) is 0.217. The summed E-state index contributed by atoms with van der Waals surface area (Å²) in [7, 11) is 0. The van der Waals surface area contributed by atoms with Crippen LogP contribution >= 0.6 is 0 Å². The summed E-state index contributed by atoms with van der Waals surface area (Å²) in [6.07, 6.45) is 1.40. The van der Waals surface area contributed by atoms with Gasteiger partial charge in [-0.05, 0) is 61.1 Å². The number of ether oxygens (including phenoxy) is 2. The molecule has 0 saturated heterocycles. The minimum absolute atomic E-state index is 0.221. The van der Waals surface area contributed by atoms with E-state index in [2.05, 4.69) is 19.2 Å². The Morgan fingerprint density at radius 3 is 2.37 bits per heavy atom. The molecule has 2 aromatic rings. The van der Waals surface area contributed by atoms with Crippen LogP contribution in [0.3, 0.4) is 0 Å². The Labute approximate surface area is 159 Å². The molecule has 0 aromatic heterocycles. The molecule has 0 radical (unpaired) electrons. The lowest BCUT2D eigenvalue weighted by molar-refractivity contribution is -0.144. The molecule has 4 heteroatoms. The van der Waals surface area contributed by atoms with E-state index in [1.54, 1.807) is 19.9 Å². The smallest absolute Gasteiger partial charge is 0.338 e. The Bertz CT molecular complexity index is 939. The molecule has 0 saturated carbocycles. The monoisotopic (exact) mass is 362 g/mol. The molecule has 1 aliphatic carbocycles. The maximum Gasteiger partial charge on any atom is 0.338 e. The van der Waals surface area contributed by atoms with Gasteiger partial charge in [-0.3, -0.25) is 0 Å². The summed E-state index contributed by atoms with van der Waals surface area (Å²) in [5.74, 6) is -0.318. The van der Waals surface area contributed by atoms with Gasteiger partial charge in [0.05, 0.1) is 0 Å².